The Morgan fingerprint density at radius 3 is 1.90 bits per heavy atom. The predicted octanol–water partition coefficient (Wildman–Crippen LogP) is 17.7. The van der Waals surface area contributed by atoms with E-state index in [1.165, 1.54) is 44.1 Å². The molecular formula is C63H42N2O2. The summed E-state index contributed by atoms with van der Waals surface area (Å²) in [5, 5.41) is 6.85. The lowest BCUT2D eigenvalue weighted by Crippen LogP contribution is -2.20. The lowest BCUT2D eigenvalue weighted by molar-refractivity contribution is 0.661. The zero-order chi connectivity index (χ0) is 44.4. The van der Waals surface area contributed by atoms with Crippen LogP contribution >= 0.6 is 0 Å². The number of para-hydroxylation sites is 4. The minimum atomic E-state index is -0.251. The molecule has 3 aromatic heterocycles. The summed E-state index contributed by atoms with van der Waals surface area (Å²) in [5.41, 5.74) is 19.7. The Morgan fingerprint density at radius 1 is 0.403 bits per heavy atom. The third kappa shape index (κ3) is 5.54. The smallest absolute Gasteiger partial charge is 0.143 e. The van der Waals surface area contributed by atoms with Gasteiger partial charge in [0.1, 0.15) is 22.3 Å². The summed E-state index contributed by atoms with van der Waals surface area (Å²) >= 11 is 0. The first-order valence-electron chi connectivity index (χ1n) is 23.1. The maximum atomic E-state index is 6.77. The zero-order valence-electron chi connectivity index (χ0n) is 37.0. The van der Waals surface area contributed by atoms with Gasteiger partial charge < -0.3 is 18.3 Å². The van der Waals surface area contributed by atoms with E-state index in [2.05, 4.69) is 230 Å². The van der Waals surface area contributed by atoms with E-state index < -0.39 is 0 Å². The van der Waals surface area contributed by atoms with Gasteiger partial charge in [0.05, 0.1) is 27.8 Å². The number of fused-ring (bicyclic) bond motifs is 12. The van der Waals surface area contributed by atoms with E-state index in [-0.39, 0.29) is 5.41 Å². The second-order valence-electron chi connectivity index (χ2n) is 18.4. The first-order chi connectivity index (χ1) is 33.0. The van der Waals surface area contributed by atoms with Gasteiger partial charge in [-0.3, -0.25) is 0 Å². The molecule has 316 valence electrons. The molecule has 0 fully saturated rings. The van der Waals surface area contributed by atoms with E-state index in [1.54, 1.807) is 0 Å². The van der Waals surface area contributed by atoms with Gasteiger partial charge in [0.15, 0.2) is 0 Å². The van der Waals surface area contributed by atoms with Gasteiger partial charge in [-0.25, -0.2) is 0 Å². The van der Waals surface area contributed by atoms with Crippen molar-refractivity contribution in [3.63, 3.8) is 0 Å². The van der Waals surface area contributed by atoms with Gasteiger partial charge in [-0.15, -0.1) is 0 Å². The van der Waals surface area contributed by atoms with Crippen molar-refractivity contribution >= 4 is 82.7 Å². The summed E-state index contributed by atoms with van der Waals surface area (Å²) in [5.74, 6) is 0. The molecule has 0 N–H and O–H groups in total. The highest BCUT2D eigenvalue weighted by atomic mass is 16.3. The van der Waals surface area contributed by atoms with Crippen molar-refractivity contribution in [2.24, 2.45) is 0 Å². The lowest BCUT2D eigenvalue weighted by Gasteiger charge is -2.32. The molecule has 0 amide bonds. The molecular weight excluding hydrogens is 817 g/mol. The van der Waals surface area contributed by atoms with Crippen LogP contribution in [0.25, 0.3) is 105 Å². The number of nitrogens with zero attached hydrogens (tertiary/aromatic N) is 2. The molecule has 0 atom stereocenters. The van der Waals surface area contributed by atoms with Crippen molar-refractivity contribution in [1.29, 1.82) is 0 Å². The molecule has 10 aromatic carbocycles. The average Bonchev–Trinajstić information content (AvgIpc) is 4.11. The van der Waals surface area contributed by atoms with Crippen LogP contribution in [0.4, 0.5) is 17.1 Å². The van der Waals surface area contributed by atoms with E-state index in [0.717, 1.165) is 88.9 Å². The standard InChI is InChI=1S/C63H42N2O2/c1-63(2)52-23-9-6-17-45(52)48-21-13-26-56(61(48)63)65(43-33-29-39(30-34-43)44-20-12-22-49-47-19-8-11-27-57(47)67-62(44)49)55-25-14-28-59-60(55)51-38-41(32-36-58(51)66-59)40-31-35-54-50(37-40)46-18-7-10-24-53(46)64(54)42-15-4-3-5-16-42/h3-38H,1-2H3. The number of furan rings is 2. The molecule has 0 aliphatic heterocycles. The van der Waals surface area contributed by atoms with E-state index in [9.17, 15) is 0 Å². The van der Waals surface area contributed by atoms with Crippen LogP contribution in [0.5, 0.6) is 0 Å². The molecule has 0 saturated heterocycles. The van der Waals surface area contributed by atoms with Crippen LogP contribution < -0.4 is 4.90 Å². The number of benzene rings is 10. The Kier molecular flexibility index (Phi) is 8.00. The van der Waals surface area contributed by atoms with E-state index in [0.29, 0.717) is 0 Å². The Bertz CT molecular complexity index is 4130. The summed E-state index contributed by atoms with van der Waals surface area (Å²) in [6.45, 7) is 4.73. The third-order valence-electron chi connectivity index (χ3n) is 14.4. The van der Waals surface area contributed by atoms with Gasteiger partial charge in [0.25, 0.3) is 0 Å². The molecule has 1 aliphatic carbocycles. The van der Waals surface area contributed by atoms with Crippen LogP contribution in [0.3, 0.4) is 0 Å². The first kappa shape index (κ1) is 37.7. The Hall–Kier alpha value is -8.60. The van der Waals surface area contributed by atoms with Crippen molar-refractivity contribution in [3.05, 3.63) is 230 Å². The largest absolute Gasteiger partial charge is 0.456 e. The van der Waals surface area contributed by atoms with E-state index in [4.69, 9.17) is 8.83 Å². The topological polar surface area (TPSA) is 34.5 Å². The molecule has 0 unspecified atom stereocenters. The number of hydrogen-bond donors (Lipinski definition) is 0. The SMILES string of the molecule is CC1(C)c2ccccc2-c2cccc(N(c3ccc(-c4cccc5c4oc4ccccc45)cc3)c3cccc4oc5ccc(-c6ccc7c(c6)c6ccccc6n7-c6ccccc6)cc5c34)c21. The highest BCUT2D eigenvalue weighted by Gasteiger charge is 2.39. The van der Waals surface area contributed by atoms with Crippen molar-refractivity contribution in [1.82, 2.24) is 4.57 Å². The summed E-state index contributed by atoms with van der Waals surface area (Å²) in [7, 11) is 0. The molecule has 3 heterocycles. The van der Waals surface area contributed by atoms with Gasteiger partial charge in [-0.1, -0.05) is 153 Å². The van der Waals surface area contributed by atoms with Crippen LogP contribution in [0.15, 0.2) is 227 Å². The van der Waals surface area contributed by atoms with Crippen molar-refractivity contribution in [2.75, 3.05) is 4.90 Å². The summed E-state index contributed by atoms with van der Waals surface area (Å²) < 4.78 is 15.7. The zero-order valence-corrected chi connectivity index (χ0v) is 37.0. The Labute approximate surface area is 387 Å². The van der Waals surface area contributed by atoms with Crippen LogP contribution in [-0.2, 0) is 5.41 Å². The van der Waals surface area contributed by atoms with E-state index in [1.807, 2.05) is 12.1 Å². The second kappa shape index (κ2) is 14.2. The monoisotopic (exact) mass is 858 g/mol. The fourth-order valence-electron chi connectivity index (χ4n) is 11.4. The molecule has 67 heavy (non-hydrogen) atoms. The number of aromatic nitrogens is 1. The highest BCUT2D eigenvalue weighted by Crippen LogP contribution is 2.55. The molecule has 4 heteroatoms. The summed E-state index contributed by atoms with van der Waals surface area (Å²) in [4.78, 5) is 2.46. The van der Waals surface area contributed by atoms with Crippen molar-refractivity contribution in [3.8, 4) is 39.1 Å². The maximum Gasteiger partial charge on any atom is 0.143 e. The van der Waals surface area contributed by atoms with Gasteiger partial charge in [-0.2, -0.15) is 0 Å². The fourth-order valence-corrected chi connectivity index (χ4v) is 11.4. The minimum absolute atomic E-state index is 0.251. The van der Waals surface area contributed by atoms with Crippen LogP contribution in [-0.4, -0.2) is 4.57 Å². The van der Waals surface area contributed by atoms with Crippen molar-refractivity contribution < 1.29 is 8.83 Å². The Balaban J connectivity index is 0.966. The predicted molar refractivity (Wildman–Crippen MR) is 278 cm³/mol. The van der Waals surface area contributed by atoms with Crippen LogP contribution in [0.2, 0.25) is 0 Å². The lowest BCUT2D eigenvalue weighted by atomic mass is 9.81. The van der Waals surface area contributed by atoms with Gasteiger partial charge in [0, 0.05) is 49.3 Å². The normalized spacial score (nSPS) is 13.0. The number of rotatable bonds is 6. The van der Waals surface area contributed by atoms with Gasteiger partial charge in [-0.05, 0) is 118 Å². The maximum absolute atomic E-state index is 6.77. The molecule has 13 aromatic rings. The van der Waals surface area contributed by atoms with Gasteiger partial charge in [0.2, 0.25) is 0 Å². The van der Waals surface area contributed by atoms with Crippen LogP contribution in [0, 0.1) is 0 Å². The number of anilines is 3. The molecule has 0 saturated carbocycles. The average molecular weight is 859 g/mol. The molecule has 14 rings (SSSR count). The molecule has 0 spiro atoms. The van der Waals surface area contributed by atoms with Crippen molar-refractivity contribution in [2.45, 2.75) is 19.3 Å². The summed E-state index contributed by atoms with van der Waals surface area (Å²) in [6, 6.07) is 78.8. The molecule has 0 radical (unpaired) electrons. The second-order valence-corrected chi connectivity index (χ2v) is 18.4. The fraction of sp³-hybridized carbons (Fsp3) is 0.0476. The molecule has 0 bridgehead atoms. The van der Waals surface area contributed by atoms with Crippen LogP contribution in [0.1, 0.15) is 25.0 Å². The minimum Gasteiger partial charge on any atom is -0.456 e. The van der Waals surface area contributed by atoms with Gasteiger partial charge >= 0.3 is 0 Å². The third-order valence-corrected chi connectivity index (χ3v) is 14.4. The highest BCUT2D eigenvalue weighted by molar-refractivity contribution is 6.16. The van der Waals surface area contributed by atoms with E-state index >= 15 is 0 Å². The summed E-state index contributed by atoms with van der Waals surface area (Å²) in [6.07, 6.45) is 0. The quantitative estimate of drug-likeness (QED) is 0.167. The first-order valence-corrected chi connectivity index (χ1v) is 23.1. The molecule has 1 aliphatic rings. The molecule has 4 nitrogen and oxygen atoms in total. The Morgan fingerprint density at radius 2 is 1.01 bits per heavy atom. The number of hydrogen-bond acceptors (Lipinski definition) is 3.